The second-order valence-corrected chi connectivity index (χ2v) is 9.02. The lowest BCUT2D eigenvalue weighted by molar-refractivity contribution is 0.135. The van der Waals surface area contributed by atoms with E-state index in [4.69, 9.17) is 20.6 Å². The van der Waals surface area contributed by atoms with E-state index in [1.807, 2.05) is 31.3 Å². The number of hydrogen-bond acceptors (Lipinski definition) is 7. The van der Waals surface area contributed by atoms with Gasteiger partial charge in [0.05, 0.1) is 18.5 Å². The molecule has 2 heterocycles. The van der Waals surface area contributed by atoms with Crippen LogP contribution < -0.4 is 5.32 Å². The summed E-state index contributed by atoms with van der Waals surface area (Å²) in [6.45, 7) is 8.13. The lowest BCUT2D eigenvalue weighted by atomic mass is 10.0. The Kier molecular flexibility index (Phi) is 9.81. The number of ether oxygens (including phenoxy) is 2. The monoisotopic (exact) mass is 493 g/mol. The van der Waals surface area contributed by atoms with Gasteiger partial charge in [-0.25, -0.2) is 9.79 Å². The predicted octanol–water partition coefficient (Wildman–Crippen LogP) is 5.24. The van der Waals surface area contributed by atoms with Gasteiger partial charge in [0.25, 0.3) is 0 Å². The summed E-state index contributed by atoms with van der Waals surface area (Å²) in [5.41, 5.74) is 12.7. The van der Waals surface area contributed by atoms with Crippen LogP contribution in [0.2, 0.25) is 0 Å². The van der Waals surface area contributed by atoms with Gasteiger partial charge in [0.15, 0.2) is 0 Å². The highest BCUT2D eigenvalue weighted by Gasteiger charge is 2.26. The average molecular weight is 494 g/mol. The van der Waals surface area contributed by atoms with Gasteiger partial charge < -0.3 is 25.4 Å². The number of carbonyl (C=O) groups is 1. The van der Waals surface area contributed by atoms with E-state index in [1.54, 1.807) is 0 Å². The first-order valence-electron chi connectivity index (χ1n) is 12.5. The predicted molar refractivity (Wildman–Crippen MR) is 143 cm³/mol. The molecule has 194 valence electrons. The molecule has 3 rings (SSSR count). The number of aliphatic imine (C=N–C) groups is 2. The second-order valence-electron chi connectivity index (χ2n) is 9.02. The fourth-order valence-corrected chi connectivity index (χ4v) is 4.04. The summed E-state index contributed by atoms with van der Waals surface area (Å²) < 4.78 is 11.2. The number of nitrogens with one attached hydrogen (secondary N) is 3. The van der Waals surface area contributed by atoms with Crippen molar-refractivity contribution in [2.24, 2.45) is 15.9 Å². The molecule has 0 saturated heterocycles. The van der Waals surface area contributed by atoms with Gasteiger partial charge >= 0.3 is 6.09 Å². The van der Waals surface area contributed by atoms with E-state index < -0.39 is 12.3 Å². The number of likely N-dealkylation sites (N-methyl/N-ethyl adjacent to an activating group) is 1. The van der Waals surface area contributed by atoms with Crippen LogP contribution in [0.3, 0.4) is 0 Å². The Morgan fingerprint density at radius 3 is 2.72 bits per heavy atom. The molecule has 2 aliphatic rings. The van der Waals surface area contributed by atoms with Crippen LogP contribution in [0, 0.1) is 11.3 Å². The highest BCUT2D eigenvalue weighted by Crippen LogP contribution is 2.27. The molecular formula is C27H37N6O3-. The summed E-state index contributed by atoms with van der Waals surface area (Å²) in [6, 6.07) is 7.69. The SMILES string of the molecule is CC/C=C(\C(C)CC)N(C)CCOC(=O)NCc1ccc(COC2=NC([NH-])CC3=C2N=CC3=N)cc1. The summed E-state index contributed by atoms with van der Waals surface area (Å²) in [5, 5.41) is 10.7. The Labute approximate surface area is 213 Å². The highest BCUT2D eigenvalue weighted by molar-refractivity contribution is 6.41. The summed E-state index contributed by atoms with van der Waals surface area (Å²) in [5.74, 6) is 0.790. The molecule has 1 amide bonds. The number of hydrogen-bond donors (Lipinski definition) is 2. The van der Waals surface area contributed by atoms with Crippen LogP contribution in [0.1, 0.15) is 51.2 Å². The first kappa shape index (κ1) is 27.1. The molecule has 36 heavy (non-hydrogen) atoms. The lowest BCUT2D eigenvalue weighted by Gasteiger charge is -2.27. The Hall–Kier alpha value is -3.46. The van der Waals surface area contributed by atoms with Crippen molar-refractivity contribution in [3.05, 3.63) is 64.2 Å². The molecule has 1 aromatic carbocycles. The number of amides is 1. The normalized spacial score (nSPS) is 18.0. The maximum absolute atomic E-state index is 12.1. The van der Waals surface area contributed by atoms with Gasteiger partial charge in [-0.05, 0) is 42.5 Å². The Bertz CT molecular complexity index is 1060. The summed E-state index contributed by atoms with van der Waals surface area (Å²) >= 11 is 0. The maximum atomic E-state index is 12.1. The van der Waals surface area contributed by atoms with Crippen molar-refractivity contribution < 1.29 is 14.3 Å². The van der Waals surface area contributed by atoms with Crippen molar-refractivity contribution in [1.29, 1.82) is 5.41 Å². The third-order valence-corrected chi connectivity index (χ3v) is 6.27. The standard InChI is InChI=1S/C27H37N6O3/c1-5-7-23(18(3)6-2)33(4)12-13-35-27(34)31-15-19-8-10-20(11-9-19)17-36-26-25-21(14-24(29)32-26)22(28)16-30-25/h7-11,16,18,24,28-29H,5-6,12-15,17H2,1-4H3,(H,31,34)/q-1/b23-7+,28-22?. The topological polar surface area (TPSA) is 123 Å². The second kappa shape index (κ2) is 13.0. The van der Waals surface area contributed by atoms with Crippen LogP contribution in [0.15, 0.2) is 57.3 Å². The van der Waals surface area contributed by atoms with Crippen LogP contribution in [-0.2, 0) is 22.6 Å². The van der Waals surface area contributed by atoms with Crippen LogP contribution in [0.4, 0.5) is 4.79 Å². The van der Waals surface area contributed by atoms with Crippen LogP contribution >= 0.6 is 0 Å². The van der Waals surface area contributed by atoms with Gasteiger partial charge in [-0.15, -0.1) is 0 Å². The fourth-order valence-electron chi connectivity index (χ4n) is 4.04. The van der Waals surface area contributed by atoms with Gasteiger partial charge in [0.1, 0.15) is 18.9 Å². The van der Waals surface area contributed by atoms with Crippen LogP contribution in [-0.4, -0.2) is 55.2 Å². The van der Waals surface area contributed by atoms with Crippen molar-refractivity contribution in [3.63, 3.8) is 0 Å². The first-order chi connectivity index (χ1) is 17.3. The van der Waals surface area contributed by atoms with E-state index in [0.29, 0.717) is 54.9 Å². The molecule has 0 radical (unpaired) electrons. The maximum Gasteiger partial charge on any atom is 0.407 e. The van der Waals surface area contributed by atoms with Gasteiger partial charge in [0.2, 0.25) is 5.90 Å². The number of allylic oxidation sites excluding steroid dienone is 2. The van der Waals surface area contributed by atoms with Gasteiger partial charge in [-0.2, -0.15) is 0 Å². The quantitative estimate of drug-likeness (QED) is 0.437. The lowest BCUT2D eigenvalue weighted by Crippen LogP contribution is -2.30. The molecular weight excluding hydrogens is 456 g/mol. The first-order valence-corrected chi connectivity index (χ1v) is 12.5. The molecule has 0 fully saturated rings. The summed E-state index contributed by atoms with van der Waals surface area (Å²) in [7, 11) is 2.04. The van der Waals surface area contributed by atoms with Crippen molar-refractivity contribution >= 4 is 23.9 Å². The third-order valence-electron chi connectivity index (χ3n) is 6.27. The van der Waals surface area contributed by atoms with Crippen molar-refractivity contribution in [2.75, 3.05) is 20.2 Å². The molecule has 0 aliphatic carbocycles. The number of alkyl carbamates (subject to hydrolysis) is 1. The van der Waals surface area contributed by atoms with Crippen LogP contribution in [0.5, 0.6) is 0 Å². The fraction of sp³-hybridized carbons (Fsp3) is 0.481. The van der Waals surface area contributed by atoms with E-state index in [1.165, 1.54) is 11.9 Å². The number of nitrogens with zero attached hydrogens (tertiary/aromatic N) is 3. The smallest absolute Gasteiger partial charge is 0.407 e. The van der Waals surface area contributed by atoms with E-state index >= 15 is 0 Å². The Balaban J connectivity index is 1.41. The van der Waals surface area contributed by atoms with Gasteiger partial charge in [-0.1, -0.05) is 51.1 Å². The van der Waals surface area contributed by atoms with Gasteiger partial charge in [0, 0.05) is 24.9 Å². The largest absolute Gasteiger partial charge is 0.655 e. The molecule has 2 aliphatic heterocycles. The van der Waals surface area contributed by atoms with Crippen molar-refractivity contribution in [3.8, 4) is 0 Å². The molecule has 0 bridgehead atoms. The molecule has 0 spiro atoms. The molecule has 9 nitrogen and oxygen atoms in total. The van der Waals surface area contributed by atoms with Crippen LogP contribution in [0.25, 0.3) is 5.73 Å². The van der Waals surface area contributed by atoms with E-state index in [9.17, 15) is 4.79 Å². The third kappa shape index (κ3) is 7.27. The minimum absolute atomic E-state index is 0.277. The minimum atomic E-state index is -0.677. The van der Waals surface area contributed by atoms with Crippen molar-refractivity contribution in [1.82, 2.24) is 10.2 Å². The van der Waals surface area contributed by atoms with E-state index in [-0.39, 0.29) is 6.61 Å². The van der Waals surface area contributed by atoms with E-state index in [0.717, 1.165) is 24.0 Å². The number of dihydropyridines is 1. The molecule has 1 aromatic rings. The zero-order valence-electron chi connectivity index (χ0n) is 21.6. The van der Waals surface area contributed by atoms with Crippen molar-refractivity contribution in [2.45, 2.75) is 59.4 Å². The number of benzene rings is 1. The summed E-state index contributed by atoms with van der Waals surface area (Å²) in [6.07, 6.45) is 5.03. The summed E-state index contributed by atoms with van der Waals surface area (Å²) in [4.78, 5) is 22.7. The zero-order valence-corrected chi connectivity index (χ0v) is 21.6. The molecule has 9 heteroatoms. The number of rotatable bonds is 11. The molecule has 0 aromatic heterocycles. The number of carbonyl (C=O) groups excluding carboxylic acids is 1. The average Bonchev–Trinajstić information content (AvgIpc) is 3.24. The molecule has 2 unspecified atom stereocenters. The molecule has 3 N–H and O–H groups in total. The van der Waals surface area contributed by atoms with E-state index in [2.05, 4.69) is 47.0 Å². The minimum Gasteiger partial charge on any atom is -0.655 e. The molecule has 0 saturated carbocycles. The Morgan fingerprint density at radius 1 is 1.31 bits per heavy atom. The Morgan fingerprint density at radius 2 is 2.03 bits per heavy atom. The molecule has 2 atom stereocenters. The zero-order chi connectivity index (χ0) is 26.1. The van der Waals surface area contributed by atoms with Gasteiger partial charge in [-0.3, -0.25) is 10.4 Å². The highest BCUT2D eigenvalue weighted by atomic mass is 16.5.